The number of aryl methyl sites for hydroxylation is 2. The number of imidazole rings is 1. The average molecular weight is 153 g/mol. The van der Waals surface area contributed by atoms with Crippen LogP contribution < -0.4 is 5.73 Å². The summed E-state index contributed by atoms with van der Waals surface area (Å²) in [4.78, 5) is 17.6. The van der Waals surface area contributed by atoms with E-state index in [1.807, 2.05) is 6.92 Å². The first-order chi connectivity index (χ1) is 5.15. The molecule has 4 heteroatoms. The smallest absolute Gasteiger partial charge is 0.269 e. The van der Waals surface area contributed by atoms with Crippen molar-refractivity contribution in [3.05, 3.63) is 17.2 Å². The fraction of sp³-hybridized carbons (Fsp3) is 0.429. The molecule has 0 atom stereocenters. The Morgan fingerprint density at radius 1 is 1.73 bits per heavy atom. The van der Waals surface area contributed by atoms with Crippen molar-refractivity contribution in [1.82, 2.24) is 9.97 Å². The second-order valence-electron chi connectivity index (χ2n) is 2.37. The lowest BCUT2D eigenvalue weighted by Gasteiger charge is -1.91. The minimum absolute atomic E-state index is 0.366. The van der Waals surface area contributed by atoms with Gasteiger partial charge in [0, 0.05) is 5.69 Å². The molecule has 1 aromatic heterocycles. The van der Waals surface area contributed by atoms with E-state index in [0.29, 0.717) is 5.69 Å². The molecule has 0 unspecified atom stereocenters. The second kappa shape index (κ2) is 2.74. The lowest BCUT2D eigenvalue weighted by atomic mass is 10.2. The van der Waals surface area contributed by atoms with E-state index in [-0.39, 0.29) is 0 Å². The predicted octanol–water partition coefficient (Wildman–Crippen LogP) is 0.379. The summed E-state index contributed by atoms with van der Waals surface area (Å²) in [6.07, 6.45) is 0.749. The second-order valence-corrected chi connectivity index (χ2v) is 2.37. The summed E-state index contributed by atoms with van der Waals surface area (Å²) >= 11 is 0. The van der Waals surface area contributed by atoms with E-state index in [1.54, 1.807) is 6.92 Å². The Morgan fingerprint density at radius 2 is 2.36 bits per heavy atom. The van der Waals surface area contributed by atoms with Crippen molar-refractivity contribution in [2.24, 2.45) is 5.73 Å². The number of aromatic nitrogens is 2. The number of aromatic amines is 1. The van der Waals surface area contributed by atoms with E-state index < -0.39 is 5.91 Å². The van der Waals surface area contributed by atoms with Gasteiger partial charge in [0.1, 0.15) is 11.5 Å². The maximum atomic E-state index is 10.7. The number of H-pyrrole nitrogens is 1. The average Bonchev–Trinajstić information content (AvgIpc) is 2.30. The Kier molecular flexibility index (Phi) is 1.94. The summed E-state index contributed by atoms with van der Waals surface area (Å²) in [5, 5.41) is 0. The number of carbonyl (C=O) groups excluding carboxylic acids is 1. The Bertz CT molecular complexity index is 277. The third kappa shape index (κ3) is 1.39. The number of nitrogens with two attached hydrogens (primary N) is 1. The van der Waals surface area contributed by atoms with Gasteiger partial charge in [0.2, 0.25) is 0 Å². The van der Waals surface area contributed by atoms with Gasteiger partial charge in [-0.05, 0) is 13.3 Å². The van der Waals surface area contributed by atoms with Gasteiger partial charge < -0.3 is 10.7 Å². The number of carbonyl (C=O) groups is 1. The third-order valence-electron chi connectivity index (χ3n) is 1.48. The van der Waals surface area contributed by atoms with Crippen molar-refractivity contribution in [3.63, 3.8) is 0 Å². The van der Waals surface area contributed by atoms with Gasteiger partial charge in [-0.25, -0.2) is 4.98 Å². The highest BCUT2D eigenvalue weighted by Crippen LogP contribution is 2.04. The molecule has 1 amide bonds. The Hall–Kier alpha value is -1.32. The standard InChI is InChI=1S/C7H11N3O/c1-3-5-6(7(8)11)10-4(2)9-5/h3H2,1-2H3,(H2,8,11)(H,9,10). The molecule has 4 nitrogen and oxygen atoms in total. The van der Waals surface area contributed by atoms with Crippen LogP contribution in [0.3, 0.4) is 0 Å². The maximum absolute atomic E-state index is 10.7. The molecule has 60 valence electrons. The number of hydrogen-bond donors (Lipinski definition) is 2. The van der Waals surface area contributed by atoms with E-state index in [1.165, 1.54) is 0 Å². The van der Waals surface area contributed by atoms with Crippen LogP contribution in [-0.2, 0) is 6.42 Å². The molecule has 0 spiro atoms. The molecule has 0 aliphatic heterocycles. The molecule has 0 saturated carbocycles. The van der Waals surface area contributed by atoms with E-state index >= 15 is 0 Å². The predicted molar refractivity (Wildman–Crippen MR) is 41.2 cm³/mol. The monoisotopic (exact) mass is 153 g/mol. The number of nitrogens with one attached hydrogen (secondary N) is 1. The zero-order chi connectivity index (χ0) is 8.43. The van der Waals surface area contributed by atoms with Gasteiger partial charge in [-0.2, -0.15) is 0 Å². The molecule has 0 fully saturated rings. The van der Waals surface area contributed by atoms with Gasteiger partial charge in [0.15, 0.2) is 0 Å². The van der Waals surface area contributed by atoms with Crippen LogP contribution in [-0.4, -0.2) is 15.9 Å². The lowest BCUT2D eigenvalue weighted by molar-refractivity contribution is 0.0995. The van der Waals surface area contributed by atoms with Gasteiger partial charge in [-0.3, -0.25) is 4.79 Å². The molecule has 0 aromatic carbocycles. The molecule has 1 rings (SSSR count). The molecule has 1 aromatic rings. The molecule has 0 bridgehead atoms. The van der Waals surface area contributed by atoms with Crippen LogP contribution in [0.1, 0.15) is 28.9 Å². The SMILES string of the molecule is CCc1[nH]c(C)nc1C(N)=O. The van der Waals surface area contributed by atoms with Crippen LogP contribution in [0, 0.1) is 6.92 Å². The van der Waals surface area contributed by atoms with Crippen molar-refractivity contribution in [2.45, 2.75) is 20.3 Å². The topological polar surface area (TPSA) is 71.8 Å². The first kappa shape index (κ1) is 7.78. The number of primary amides is 1. The van der Waals surface area contributed by atoms with E-state index in [4.69, 9.17) is 5.73 Å². The molecule has 1 heterocycles. The number of amides is 1. The Morgan fingerprint density at radius 3 is 2.73 bits per heavy atom. The number of nitrogens with zero attached hydrogens (tertiary/aromatic N) is 1. The quantitative estimate of drug-likeness (QED) is 0.644. The zero-order valence-electron chi connectivity index (χ0n) is 6.64. The highest BCUT2D eigenvalue weighted by molar-refractivity contribution is 5.92. The van der Waals surface area contributed by atoms with Crippen LogP contribution in [0.15, 0.2) is 0 Å². The molecular weight excluding hydrogens is 142 g/mol. The van der Waals surface area contributed by atoms with E-state index in [0.717, 1.165) is 17.9 Å². The summed E-state index contributed by atoms with van der Waals surface area (Å²) in [7, 11) is 0. The zero-order valence-corrected chi connectivity index (χ0v) is 6.64. The Balaban J connectivity index is 3.12. The van der Waals surface area contributed by atoms with Gasteiger partial charge in [0.05, 0.1) is 0 Å². The molecule has 0 saturated heterocycles. The molecular formula is C7H11N3O. The highest BCUT2D eigenvalue weighted by atomic mass is 16.1. The molecule has 0 aliphatic rings. The van der Waals surface area contributed by atoms with Crippen LogP contribution in [0.5, 0.6) is 0 Å². The largest absolute Gasteiger partial charge is 0.364 e. The maximum Gasteiger partial charge on any atom is 0.269 e. The normalized spacial score (nSPS) is 10.0. The summed E-state index contributed by atoms with van der Waals surface area (Å²) in [6.45, 7) is 3.74. The highest BCUT2D eigenvalue weighted by Gasteiger charge is 2.10. The summed E-state index contributed by atoms with van der Waals surface area (Å²) in [6, 6.07) is 0. The van der Waals surface area contributed by atoms with Crippen LogP contribution in [0.2, 0.25) is 0 Å². The minimum Gasteiger partial charge on any atom is -0.364 e. The van der Waals surface area contributed by atoms with Crippen LogP contribution in [0.4, 0.5) is 0 Å². The van der Waals surface area contributed by atoms with Gasteiger partial charge in [-0.15, -0.1) is 0 Å². The summed E-state index contributed by atoms with van der Waals surface area (Å²) in [5.41, 5.74) is 6.26. The number of hydrogen-bond acceptors (Lipinski definition) is 2. The van der Waals surface area contributed by atoms with E-state index in [9.17, 15) is 4.79 Å². The summed E-state index contributed by atoms with van der Waals surface area (Å²) in [5.74, 6) is 0.266. The molecule has 0 radical (unpaired) electrons. The van der Waals surface area contributed by atoms with Gasteiger partial charge in [0.25, 0.3) is 5.91 Å². The molecule has 0 aliphatic carbocycles. The first-order valence-electron chi connectivity index (χ1n) is 3.50. The van der Waals surface area contributed by atoms with Crippen LogP contribution in [0.25, 0.3) is 0 Å². The summed E-state index contributed by atoms with van der Waals surface area (Å²) < 4.78 is 0. The van der Waals surface area contributed by atoms with E-state index in [2.05, 4.69) is 9.97 Å². The van der Waals surface area contributed by atoms with Gasteiger partial charge >= 0.3 is 0 Å². The van der Waals surface area contributed by atoms with Crippen molar-refractivity contribution in [2.75, 3.05) is 0 Å². The number of rotatable bonds is 2. The van der Waals surface area contributed by atoms with Crippen molar-refractivity contribution in [3.8, 4) is 0 Å². The van der Waals surface area contributed by atoms with Crippen molar-refractivity contribution < 1.29 is 4.79 Å². The fourth-order valence-electron chi connectivity index (χ4n) is 1.00. The molecule has 3 N–H and O–H groups in total. The fourth-order valence-corrected chi connectivity index (χ4v) is 1.00. The first-order valence-corrected chi connectivity index (χ1v) is 3.50. The Labute approximate surface area is 64.8 Å². The van der Waals surface area contributed by atoms with Crippen molar-refractivity contribution in [1.29, 1.82) is 0 Å². The van der Waals surface area contributed by atoms with Crippen molar-refractivity contribution >= 4 is 5.91 Å². The lowest BCUT2D eigenvalue weighted by Crippen LogP contribution is -2.13. The third-order valence-corrected chi connectivity index (χ3v) is 1.48. The van der Waals surface area contributed by atoms with Crippen LogP contribution >= 0.6 is 0 Å². The molecule has 11 heavy (non-hydrogen) atoms. The van der Waals surface area contributed by atoms with Gasteiger partial charge in [-0.1, -0.05) is 6.92 Å². The minimum atomic E-state index is -0.466.